The number of hydrogen-bond donors (Lipinski definition) is 2. The van der Waals surface area contributed by atoms with Gasteiger partial charge in [-0.05, 0) is 18.2 Å². The topological polar surface area (TPSA) is 73.5 Å². The predicted octanol–water partition coefficient (Wildman–Crippen LogP) is 0.140. The van der Waals surface area contributed by atoms with Gasteiger partial charge in [-0.3, -0.25) is 4.79 Å². The Morgan fingerprint density at radius 2 is 2.08 bits per heavy atom. The van der Waals surface area contributed by atoms with Crippen LogP contribution in [0.2, 0.25) is 0 Å². The smallest absolute Gasteiger partial charge is 0.370 e. The fraction of sp³-hybridized carbons (Fsp3) is 0.400. The van der Waals surface area contributed by atoms with E-state index < -0.39 is 11.7 Å². The Bertz CT molecular complexity index is 727. The molecule has 0 spiro atoms. The molecular weight excluding hydrogens is 339 g/mol. The van der Waals surface area contributed by atoms with Crippen molar-refractivity contribution in [1.82, 2.24) is 14.8 Å². The molecule has 1 aromatic heterocycles. The van der Waals surface area contributed by atoms with Crippen molar-refractivity contribution in [3.63, 3.8) is 0 Å². The number of quaternary nitrogens is 1. The summed E-state index contributed by atoms with van der Waals surface area (Å²) in [6.45, 7) is 2.67. The molecule has 1 aliphatic rings. The summed E-state index contributed by atoms with van der Waals surface area (Å²) in [7, 11) is 0. The first-order valence-electron chi connectivity index (χ1n) is 7.71. The van der Waals surface area contributed by atoms with Gasteiger partial charge in [-0.2, -0.15) is 18.3 Å². The molecule has 0 bridgehead atoms. The third-order valence-corrected chi connectivity index (χ3v) is 3.87. The van der Waals surface area contributed by atoms with Crippen LogP contribution in [-0.2, 0) is 15.7 Å². The molecule has 1 fully saturated rings. The molecule has 0 unspecified atom stereocenters. The van der Waals surface area contributed by atoms with Crippen molar-refractivity contribution in [1.29, 1.82) is 0 Å². The summed E-state index contributed by atoms with van der Waals surface area (Å²) in [4.78, 5) is 17.1. The fourth-order valence-corrected chi connectivity index (χ4v) is 2.60. The van der Waals surface area contributed by atoms with Gasteiger partial charge in [-0.15, -0.1) is 0 Å². The van der Waals surface area contributed by atoms with Crippen molar-refractivity contribution in [2.24, 2.45) is 0 Å². The molecule has 0 saturated carbocycles. The summed E-state index contributed by atoms with van der Waals surface area (Å²) in [6.07, 6.45) is -1.89. The molecule has 7 nitrogen and oxygen atoms in total. The molecule has 3 rings (SSSR count). The van der Waals surface area contributed by atoms with E-state index in [4.69, 9.17) is 4.74 Å². The SMILES string of the molecule is O=C(C[NH+]1CCOCC1)Nc1cc(C(F)(F)F)ccc1-n1cncn1. The minimum absolute atomic E-state index is 0.0398. The summed E-state index contributed by atoms with van der Waals surface area (Å²) >= 11 is 0. The molecule has 10 heteroatoms. The Morgan fingerprint density at radius 3 is 2.72 bits per heavy atom. The number of alkyl halides is 3. The van der Waals surface area contributed by atoms with Crippen LogP contribution in [0.25, 0.3) is 5.69 Å². The van der Waals surface area contributed by atoms with Crippen LogP contribution in [0.1, 0.15) is 5.56 Å². The Kier molecular flexibility index (Phi) is 5.00. The van der Waals surface area contributed by atoms with E-state index in [2.05, 4.69) is 15.4 Å². The van der Waals surface area contributed by atoms with E-state index >= 15 is 0 Å². The molecular formula is C15H17F3N5O2+. The Labute approximate surface area is 141 Å². The van der Waals surface area contributed by atoms with Crippen LogP contribution in [0.4, 0.5) is 18.9 Å². The van der Waals surface area contributed by atoms with Gasteiger partial charge in [0.2, 0.25) is 0 Å². The lowest BCUT2D eigenvalue weighted by molar-refractivity contribution is -0.899. The zero-order valence-corrected chi connectivity index (χ0v) is 13.2. The van der Waals surface area contributed by atoms with Crippen molar-refractivity contribution in [2.45, 2.75) is 6.18 Å². The first-order valence-corrected chi connectivity index (χ1v) is 7.71. The molecule has 2 N–H and O–H groups in total. The van der Waals surface area contributed by atoms with Gasteiger partial charge in [-0.25, -0.2) is 9.67 Å². The second-order valence-electron chi connectivity index (χ2n) is 5.66. The quantitative estimate of drug-likeness (QED) is 0.818. The molecule has 1 aliphatic heterocycles. The molecule has 134 valence electrons. The molecule has 0 radical (unpaired) electrons. The molecule has 1 saturated heterocycles. The first-order chi connectivity index (χ1) is 11.9. The standard InChI is InChI=1S/C15H16F3N5O2/c16-15(17,18)11-1-2-13(23-10-19-9-20-23)12(7-11)21-14(24)8-22-3-5-25-6-4-22/h1-2,7,9-10H,3-6,8H2,(H,21,24)/p+1. The number of carbonyl (C=O) groups is 1. The molecule has 25 heavy (non-hydrogen) atoms. The highest BCUT2D eigenvalue weighted by Gasteiger charge is 2.31. The van der Waals surface area contributed by atoms with Gasteiger partial charge in [0.05, 0.1) is 30.2 Å². The van der Waals surface area contributed by atoms with Crippen LogP contribution in [-0.4, -0.2) is 53.5 Å². The van der Waals surface area contributed by atoms with Gasteiger partial charge in [0.25, 0.3) is 5.91 Å². The molecule has 2 aromatic rings. The second kappa shape index (κ2) is 7.19. The number of nitrogens with one attached hydrogen (secondary N) is 2. The van der Waals surface area contributed by atoms with E-state index in [-0.39, 0.29) is 18.1 Å². The van der Waals surface area contributed by atoms with E-state index in [1.807, 2.05) is 0 Å². The Hall–Kier alpha value is -2.46. The number of rotatable bonds is 4. The molecule has 1 aromatic carbocycles. The predicted molar refractivity (Wildman–Crippen MR) is 81.4 cm³/mol. The van der Waals surface area contributed by atoms with E-state index in [9.17, 15) is 18.0 Å². The zero-order valence-electron chi connectivity index (χ0n) is 13.2. The van der Waals surface area contributed by atoms with E-state index in [0.717, 1.165) is 17.0 Å². The van der Waals surface area contributed by atoms with Crippen molar-refractivity contribution < 1.29 is 27.6 Å². The number of aromatic nitrogens is 3. The van der Waals surface area contributed by atoms with E-state index in [1.54, 1.807) is 0 Å². The second-order valence-corrected chi connectivity index (χ2v) is 5.66. The van der Waals surface area contributed by atoms with Gasteiger partial charge in [-0.1, -0.05) is 0 Å². The maximum absolute atomic E-state index is 13.0. The molecule has 0 aliphatic carbocycles. The highest BCUT2D eigenvalue weighted by molar-refractivity contribution is 5.93. The fourth-order valence-electron chi connectivity index (χ4n) is 2.60. The lowest BCUT2D eigenvalue weighted by atomic mass is 10.1. The van der Waals surface area contributed by atoms with E-state index in [1.165, 1.54) is 23.4 Å². The molecule has 2 heterocycles. The van der Waals surface area contributed by atoms with Crippen LogP contribution in [0, 0.1) is 0 Å². The number of anilines is 1. The number of carbonyl (C=O) groups excluding carboxylic acids is 1. The Morgan fingerprint density at radius 1 is 1.32 bits per heavy atom. The average Bonchev–Trinajstić information content (AvgIpc) is 3.09. The minimum atomic E-state index is -4.50. The zero-order chi connectivity index (χ0) is 17.9. The lowest BCUT2D eigenvalue weighted by Crippen LogP contribution is -3.15. The van der Waals surface area contributed by atoms with Gasteiger partial charge >= 0.3 is 6.18 Å². The number of morpholine rings is 1. The van der Waals surface area contributed by atoms with Gasteiger partial charge in [0, 0.05) is 0 Å². The van der Waals surface area contributed by atoms with Crippen LogP contribution < -0.4 is 10.2 Å². The van der Waals surface area contributed by atoms with Crippen molar-refractivity contribution in [3.8, 4) is 5.69 Å². The first kappa shape index (κ1) is 17.4. The number of halogens is 3. The molecule has 1 amide bonds. The van der Waals surface area contributed by atoms with Gasteiger partial charge in [0.1, 0.15) is 25.7 Å². The monoisotopic (exact) mass is 356 g/mol. The number of amides is 1. The van der Waals surface area contributed by atoms with Crippen LogP contribution >= 0.6 is 0 Å². The summed E-state index contributed by atoms with van der Waals surface area (Å²) in [6, 6.07) is 3.11. The normalized spacial score (nSPS) is 16.0. The molecule has 0 atom stereocenters. The number of benzene rings is 1. The maximum Gasteiger partial charge on any atom is 0.416 e. The van der Waals surface area contributed by atoms with Crippen molar-refractivity contribution >= 4 is 11.6 Å². The lowest BCUT2D eigenvalue weighted by Gasteiger charge is -2.23. The third-order valence-electron chi connectivity index (χ3n) is 3.87. The minimum Gasteiger partial charge on any atom is -0.370 e. The van der Waals surface area contributed by atoms with E-state index in [0.29, 0.717) is 32.0 Å². The Balaban J connectivity index is 1.82. The van der Waals surface area contributed by atoms with Gasteiger partial charge in [0.15, 0.2) is 6.54 Å². The highest BCUT2D eigenvalue weighted by atomic mass is 19.4. The summed E-state index contributed by atoms with van der Waals surface area (Å²) < 4.78 is 45.5. The summed E-state index contributed by atoms with van der Waals surface area (Å²) in [5, 5.41) is 6.48. The van der Waals surface area contributed by atoms with Crippen LogP contribution in [0.3, 0.4) is 0 Å². The van der Waals surface area contributed by atoms with Crippen molar-refractivity contribution in [3.05, 3.63) is 36.4 Å². The summed E-state index contributed by atoms with van der Waals surface area (Å²) in [5.41, 5.74) is -0.487. The number of nitrogens with zero attached hydrogens (tertiary/aromatic N) is 3. The maximum atomic E-state index is 13.0. The highest BCUT2D eigenvalue weighted by Crippen LogP contribution is 2.33. The third kappa shape index (κ3) is 4.34. The van der Waals surface area contributed by atoms with Crippen LogP contribution in [0.15, 0.2) is 30.9 Å². The van der Waals surface area contributed by atoms with Crippen LogP contribution in [0.5, 0.6) is 0 Å². The van der Waals surface area contributed by atoms with Crippen molar-refractivity contribution in [2.75, 3.05) is 38.2 Å². The number of hydrogen-bond acceptors (Lipinski definition) is 4. The summed E-state index contributed by atoms with van der Waals surface area (Å²) in [5.74, 6) is -0.363. The van der Waals surface area contributed by atoms with Gasteiger partial charge < -0.3 is 15.0 Å². The average molecular weight is 356 g/mol. The largest absolute Gasteiger partial charge is 0.416 e. The number of ether oxygens (including phenoxy) is 1.